The van der Waals surface area contributed by atoms with Crippen LogP contribution in [0.4, 0.5) is 0 Å². The molecule has 1 aliphatic heterocycles. The smallest absolute Gasteiger partial charge is 0.0962 e. The lowest BCUT2D eigenvalue weighted by Crippen LogP contribution is -2.30. The van der Waals surface area contributed by atoms with Crippen LogP contribution in [0.2, 0.25) is 0 Å². The Bertz CT molecular complexity index is 276. The molecule has 1 aliphatic rings. The van der Waals surface area contributed by atoms with Gasteiger partial charge in [0.05, 0.1) is 5.69 Å². The van der Waals surface area contributed by atoms with Crippen LogP contribution in [0.25, 0.3) is 0 Å². The van der Waals surface area contributed by atoms with E-state index in [0.29, 0.717) is 6.54 Å². The number of piperidine rings is 1. The van der Waals surface area contributed by atoms with Gasteiger partial charge in [0.1, 0.15) is 0 Å². The molecule has 14 heavy (non-hydrogen) atoms. The molecule has 0 amide bonds. The van der Waals surface area contributed by atoms with Crippen molar-refractivity contribution in [2.24, 2.45) is 11.7 Å². The van der Waals surface area contributed by atoms with Crippen LogP contribution in [0.15, 0.2) is 6.20 Å². The standard InChI is InChI=1S/C9H17N5/c10-5-9-7-14(13-12-9)6-8-1-3-11-4-2-8/h7-8,11H,1-6,10H2. The summed E-state index contributed by atoms with van der Waals surface area (Å²) in [7, 11) is 0. The van der Waals surface area contributed by atoms with E-state index in [4.69, 9.17) is 5.73 Å². The van der Waals surface area contributed by atoms with Crippen LogP contribution in [0, 0.1) is 5.92 Å². The molecule has 1 saturated heterocycles. The lowest BCUT2D eigenvalue weighted by molar-refractivity contribution is 0.318. The molecule has 2 heterocycles. The van der Waals surface area contributed by atoms with E-state index in [1.165, 1.54) is 12.8 Å². The molecule has 1 fully saturated rings. The summed E-state index contributed by atoms with van der Waals surface area (Å²) in [6, 6.07) is 0. The Balaban J connectivity index is 1.89. The Morgan fingerprint density at radius 3 is 2.93 bits per heavy atom. The van der Waals surface area contributed by atoms with Gasteiger partial charge in [-0.1, -0.05) is 5.21 Å². The van der Waals surface area contributed by atoms with E-state index in [1.54, 1.807) is 0 Å². The van der Waals surface area contributed by atoms with Crippen LogP contribution >= 0.6 is 0 Å². The van der Waals surface area contributed by atoms with E-state index in [-0.39, 0.29) is 0 Å². The second-order valence-electron chi connectivity index (χ2n) is 3.83. The van der Waals surface area contributed by atoms with Crippen molar-refractivity contribution in [3.63, 3.8) is 0 Å². The van der Waals surface area contributed by atoms with Crippen LogP contribution in [-0.4, -0.2) is 28.1 Å². The van der Waals surface area contributed by atoms with Crippen LogP contribution in [0.3, 0.4) is 0 Å². The van der Waals surface area contributed by atoms with Gasteiger partial charge in [0.25, 0.3) is 0 Å². The molecule has 0 saturated carbocycles. The second-order valence-corrected chi connectivity index (χ2v) is 3.83. The summed E-state index contributed by atoms with van der Waals surface area (Å²) in [5, 5.41) is 11.4. The van der Waals surface area contributed by atoms with Crippen LogP contribution in [-0.2, 0) is 13.1 Å². The molecule has 0 radical (unpaired) electrons. The van der Waals surface area contributed by atoms with Gasteiger partial charge in [-0.05, 0) is 31.8 Å². The zero-order valence-electron chi connectivity index (χ0n) is 8.32. The number of nitrogens with zero attached hydrogens (tertiary/aromatic N) is 3. The van der Waals surface area contributed by atoms with Gasteiger partial charge in [0.2, 0.25) is 0 Å². The third-order valence-corrected chi connectivity index (χ3v) is 2.70. The van der Waals surface area contributed by atoms with E-state index < -0.39 is 0 Å². The lowest BCUT2D eigenvalue weighted by Gasteiger charge is -2.21. The summed E-state index contributed by atoms with van der Waals surface area (Å²) in [5.74, 6) is 0.739. The molecule has 0 aromatic carbocycles. The van der Waals surface area contributed by atoms with Crippen molar-refractivity contribution in [2.45, 2.75) is 25.9 Å². The molecule has 2 rings (SSSR count). The first-order valence-electron chi connectivity index (χ1n) is 5.18. The van der Waals surface area contributed by atoms with Crippen molar-refractivity contribution < 1.29 is 0 Å². The number of hydrogen-bond donors (Lipinski definition) is 2. The fourth-order valence-electron chi connectivity index (χ4n) is 1.85. The minimum absolute atomic E-state index is 0.478. The maximum absolute atomic E-state index is 5.47. The number of aromatic nitrogens is 3. The monoisotopic (exact) mass is 195 g/mol. The first-order chi connectivity index (χ1) is 6.88. The summed E-state index contributed by atoms with van der Waals surface area (Å²) in [4.78, 5) is 0. The molecule has 0 bridgehead atoms. The average molecular weight is 195 g/mol. The molecule has 0 unspecified atom stereocenters. The molecule has 0 atom stereocenters. The van der Waals surface area contributed by atoms with Crippen molar-refractivity contribution in [3.8, 4) is 0 Å². The molecule has 1 aromatic rings. The third-order valence-electron chi connectivity index (χ3n) is 2.70. The zero-order valence-corrected chi connectivity index (χ0v) is 8.32. The van der Waals surface area contributed by atoms with Crippen LogP contribution in [0.1, 0.15) is 18.5 Å². The number of rotatable bonds is 3. The average Bonchev–Trinajstić information content (AvgIpc) is 2.67. The highest BCUT2D eigenvalue weighted by Gasteiger charge is 2.13. The number of hydrogen-bond acceptors (Lipinski definition) is 4. The lowest BCUT2D eigenvalue weighted by atomic mass is 9.98. The van der Waals surface area contributed by atoms with E-state index in [0.717, 1.165) is 31.2 Å². The fourth-order valence-corrected chi connectivity index (χ4v) is 1.85. The van der Waals surface area contributed by atoms with E-state index >= 15 is 0 Å². The van der Waals surface area contributed by atoms with Gasteiger partial charge in [0, 0.05) is 19.3 Å². The van der Waals surface area contributed by atoms with Crippen molar-refractivity contribution in [1.82, 2.24) is 20.3 Å². The maximum Gasteiger partial charge on any atom is 0.0962 e. The van der Waals surface area contributed by atoms with Gasteiger partial charge in [-0.25, -0.2) is 0 Å². The zero-order chi connectivity index (χ0) is 9.80. The Morgan fingerprint density at radius 1 is 1.50 bits per heavy atom. The summed E-state index contributed by atoms with van der Waals surface area (Å²) >= 11 is 0. The fraction of sp³-hybridized carbons (Fsp3) is 0.778. The summed E-state index contributed by atoms with van der Waals surface area (Å²) in [5.41, 5.74) is 6.34. The Kier molecular flexibility index (Phi) is 3.10. The second kappa shape index (κ2) is 4.52. The van der Waals surface area contributed by atoms with E-state index in [9.17, 15) is 0 Å². The quantitative estimate of drug-likeness (QED) is 0.697. The molecular formula is C9H17N5. The molecule has 5 nitrogen and oxygen atoms in total. The Hall–Kier alpha value is -0.940. The SMILES string of the molecule is NCc1cn(CC2CCNCC2)nn1. The number of nitrogens with one attached hydrogen (secondary N) is 1. The van der Waals surface area contributed by atoms with E-state index in [1.807, 2.05) is 10.9 Å². The topological polar surface area (TPSA) is 68.8 Å². The van der Waals surface area contributed by atoms with Crippen molar-refractivity contribution in [1.29, 1.82) is 0 Å². The van der Waals surface area contributed by atoms with Crippen molar-refractivity contribution >= 4 is 0 Å². The predicted molar refractivity (Wildman–Crippen MR) is 53.5 cm³/mol. The van der Waals surface area contributed by atoms with Crippen LogP contribution < -0.4 is 11.1 Å². The molecule has 0 spiro atoms. The molecule has 5 heteroatoms. The summed E-state index contributed by atoms with van der Waals surface area (Å²) in [6.45, 7) is 3.72. The Labute approximate surface area is 83.7 Å². The van der Waals surface area contributed by atoms with Gasteiger partial charge >= 0.3 is 0 Å². The number of nitrogens with two attached hydrogens (primary N) is 1. The third kappa shape index (κ3) is 2.30. The van der Waals surface area contributed by atoms with Gasteiger partial charge in [-0.3, -0.25) is 4.68 Å². The first kappa shape index (κ1) is 9.61. The molecule has 3 N–H and O–H groups in total. The predicted octanol–water partition coefficient (Wildman–Crippen LogP) is -0.264. The largest absolute Gasteiger partial charge is 0.325 e. The van der Waals surface area contributed by atoms with E-state index in [2.05, 4.69) is 15.6 Å². The molecule has 0 aliphatic carbocycles. The first-order valence-corrected chi connectivity index (χ1v) is 5.18. The minimum Gasteiger partial charge on any atom is -0.325 e. The van der Waals surface area contributed by atoms with Gasteiger partial charge < -0.3 is 11.1 Å². The normalized spacial score (nSPS) is 18.6. The summed E-state index contributed by atoms with van der Waals surface area (Å²) in [6.07, 6.45) is 4.41. The minimum atomic E-state index is 0.478. The highest BCUT2D eigenvalue weighted by molar-refractivity contribution is 4.90. The summed E-state index contributed by atoms with van der Waals surface area (Å²) < 4.78 is 1.91. The molecular weight excluding hydrogens is 178 g/mol. The maximum atomic E-state index is 5.47. The molecule has 1 aromatic heterocycles. The van der Waals surface area contributed by atoms with Crippen molar-refractivity contribution in [2.75, 3.05) is 13.1 Å². The van der Waals surface area contributed by atoms with Gasteiger partial charge in [-0.2, -0.15) is 0 Å². The highest BCUT2D eigenvalue weighted by Crippen LogP contribution is 2.13. The molecule has 78 valence electrons. The van der Waals surface area contributed by atoms with Crippen molar-refractivity contribution in [3.05, 3.63) is 11.9 Å². The van der Waals surface area contributed by atoms with Gasteiger partial charge in [0.15, 0.2) is 0 Å². The Morgan fingerprint density at radius 2 is 2.29 bits per heavy atom. The van der Waals surface area contributed by atoms with Gasteiger partial charge in [-0.15, -0.1) is 5.10 Å². The van der Waals surface area contributed by atoms with Crippen LogP contribution in [0.5, 0.6) is 0 Å². The highest BCUT2D eigenvalue weighted by atomic mass is 15.4.